The molecule has 0 aromatic heterocycles. The number of benzene rings is 2. The van der Waals surface area contributed by atoms with Crippen molar-refractivity contribution in [3.8, 4) is 5.75 Å². The molecular weight excluding hydrogens is 334 g/mol. The number of rotatable bonds is 4. The highest BCUT2D eigenvalue weighted by molar-refractivity contribution is 9.10. The minimum absolute atomic E-state index is 0.0623. The van der Waals surface area contributed by atoms with Gasteiger partial charge in [-0.25, -0.2) is 0 Å². The molecule has 0 fully saturated rings. The summed E-state index contributed by atoms with van der Waals surface area (Å²) in [5, 5.41) is 12.0. The molecule has 0 bridgehead atoms. The van der Waals surface area contributed by atoms with Crippen LogP contribution >= 0.6 is 15.9 Å². The third-order valence-electron chi connectivity index (χ3n) is 3.15. The van der Waals surface area contributed by atoms with Crippen LogP contribution in [0.4, 0.5) is 11.4 Å². The monoisotopic (exact) mass is 349 g/mol. The summed E-state index contributed by atoms with van der Waals surface area (Å²) in [5.41, 5.74) is 8.14. The molecule has 0 aliphatic rings. The van der Waals surface area contributed by atoms with Gasteiger partial charge in [-0.2, -0.15) is 0 Å². The Balaban J connectivity index is 2.51. The van der Waals surface area contributed by atoms with Gasteiger partial charge in [-0.05, 0) is 30.3 Å². The minimum Gasteiger partial charge on any atom is -0.497 e. The first-order valence-corrected chi connectivity index (χ1v) is 7.01. The largest absolute Gasteiger partial charge is 0.497 e. The van der Waals surface area contributed by atoms with Crippen molar-refractivity contribution in [3.63, 3.8) is 0 Å². The van der Waals surface area contributed by atoms with E-state index in [2.05, 4.69) is 21.1 Å². The summed E-state index contributed by atoms with van der Waals surface area (Å²) in [4.78, 5) is 1.95. The number of hydrogen-bond donors (Lipinski definition) is 2. The van der Waals surface area contributed by atoms with Crippen LogP contribution in [0.2, 0.25) is 0 Å². The van der Waals surface area contributed by atoms with Crippen LogP contribution in [-0.2, 0) is 0 Å². The lowest BCUT2D eigenvalue weighted by Crippen LogP contribution is -2.19. The van der Waals surface area contributed by atoms with Gasteiger partial charge in [-0.15, -0.1) is 0 Å². The molecular formula is C15H16BrN3O2. The van der Waals surface area contributed by atoms with E-state index in [4.69, 9.17) is 15.7 Å². The molecule has 0 unspecified atom stereocenters. The summed E-state index contributed by atoms with van der Waals surface area (Å²) < 4.78 is 6.14. The molecule has 0 saturated heterocycles. The summed E-state index contributed by atoms with van der Waals surface area (Å²) in [6.45, 7) is 0. The van der Waals surface area contributed by atoms with E-state index in [1.54, 1.807) is 13.2 Å². The maximum Gasteiger partial charge on any atom is 0.172 e. The van der Waals surface area contributed by atoms with E-state index in [0.717, 1.165) is 21.6 Å². The number of amidine groups is 1. The summed E-state index contributed by atoms with van der Waals surface area (Å²) >= 11 is 3.44. The predicted octanol–water partition coefficient (Wildman–Crippen LogP) is 3.32. The van der Waals surface area contributed by atoms with Crippen molar-refractivity contribution < 1.29 is 9.94 Å². The first-order chi connectivity index (χ1) is 10.1. The molecule has 0 aliphatic carbocycles. The summed E-state index contributed by atoms with van der Waals surface area (Å²) in [5.74, 6) is 0.826. The quantitative estimate of drug-likeness (QED) is 0.384. The van der Waals surface area contributed by atoms with Gasteiger partial charge in [0, 0.05) is 28.8 Å². The molecule has 3 N–H and O–H groups in total. The van der Waals surface area contributed by atoms with Crippen LogP contribution in [-0.4, -0.2) is 25.2 Å². The highest BCUT2D eigenvalue weighted by Crippen LogP contribution is 2.31. The molecule has 0 radical (unpaired) electrons. The Kier molecular flexibility index (Phi) is 4.70. The fourth-order valence-electron chi connectivity index (χ4n) is 2.01. The topological polar surface area (TPSA) is 71.1 Å². The maximum atomic E-state index is 8.93. The number of oxime groups is 1. The lowest BCUT2D eigenvalue weighted by molar-refractivity contribution is 0.318. The normalized spacial score (nSPS) is 11.3. The molecule has 0 aliphatic heterocycles. The number of anilines is 2. The van der Waals surface area contributed by atoms with Gasteiger partial charge in [0.15, 0.2) is 5.84 Å². The lowest BCUT2D eigenvalue weighted by atomic mass is 10.1. The first-order valence-electron chi connectivity index (χ1n) is 6.22. The average molecular weight is 350 g/mol. The second-order valence-corrected chi connectivity index (χ2v) is 5.32. The Morgan fingerprint density at radius 2 is 2.05 bits per heavy atom. The zero-order valence-corrected chi connectivity index (χ0v) is 13.3. The molecule has 2 rings (SSSR count). The Bertz CT molecular complexity index is 674. The van der Waals surface area contributed by atoms with E-state index in [0.29, 0.717) is 5.56 Å². The van der Waals surface area contributed by atoms with Gasteiger partial charge < -0.3 is 20.6 Å². The molecule has 5 nitrogen and oxygen atoms in total. The van der Waals surface area contributed by atoms with Crippen LogP contribution in [0.25, 0.3) is 0 Å². The van der Waals surface area contributed by atoms with Crippen LogP contribution in [0.15, 0.2) is 52.1 Å². The zero-order chi connectivity index (χ0) is 15.4. The Hall–Kier alpha value is -2.21. The van der Waals surface area contributed by atoms with Gasteiger partial charge in [0.05, 0.1) is 12.8 Å². The van der Waals surface area contributed by atoms with Crippen LogP contribution in [0, 0.1) is 0 Å². The van der Waals surface area contributed by atoms with Crippen molar-refractivity contribution in [2.24, 2.45) is 10.9 Å². The van der Waals surface area contributed by atoms with E-state index in [1.165, 1.54) is 0 Å². The van der Waals surface area contributed by atoms with Crippen molar-refractivity contribution in [1.29, 1.82) is 0 Å². The molecule has 2 aromatic carbocycles. The van der Waals surface area contributed by atoms with Gasteiger partial charge in [0.2, 0.25) is 0 Å². The highest BCUT2D eigenvalue weighted by atomic mass is 79.9. The molecule has 6 heteroatoms. The molecule has 2 aromatic rings. The summed E-state index contributed by atoms with van der Waals surface area (Å²) in [6.07, 6.45) is 0. The van der Waals surface area contributed by atoms with Crippen molar-refractivity contribution in [1.82, 2.24) is 0 Å². The predicted molar refractivity (Wildman–Crippen MR) is 87.7 cm³/mol. The number of nitrogens with zero attached hydrogens (tertiary/aromatic N) is 2. The zero-order valence-electron chi connectivity index (χ0n) is 11.7. The van der Waals surface area contributed by atoms with E-state index in [9.17, 15) is 0 Å². The number of nitrogens with two attached hydrogens (primary N) is 1. The molecule has 0 amide bonds. The highest BCUT2D eigenvalue weighted by Gasteiger charge is 2.13. The van der Waals surface area contributed by atoms with E-state index < -0.39 is 0 Å². The lowest BCUT2D eigenvalue weighted by Gasteiger charge is -2.23. The van der Waals surface area contributed by atoms with Crippen molar-refractivity contribution in [3.05, 3.63) is 52.5 Å². The first kappa shape index (κ1) is 15.2. The second kappa shape index (κ2) is 6.49. The van der Waals surface area contributed by atoms with Crippen LogP contribution in [0.5, 0.6) is 5.75 Å². The fourth-order valence-corrected chi connectivity index (χ4v) is 2.36. The SMILES string of the molecule is COc1cccc(N(C)c2cc(Br)ccc2/C(N)=N/O)c1. The van der Waals surface area contributed by atoms with E-state index in [-0.39, 0.29) is 5.84 Å². The molecule has 21 heavy (non-hydrogen) atoms. The maximum absolute atomic E-state index is 8.93. The Labute approximate surface area is 131 Å². The summed E-state index contributed by atoms with van der Waals surface area (Å²) in [6, 6.07) is 13.2. The second-order valence-electron chi connectivity index (χ2n) is 4.41. The molecule has 0 atom stereocenters. The van der Waals surface area contributed by atoms with E-state index >= 15 is 0 Å². The third kappa shape index (κ3) is 3.28. The number of methoxy groups -OCH3 is 1. The number of halogens is 1. The van der Waals surface area contributed by atoms with Crippen LogP contribution < -0.4 is 15.4 Å². The van der Waals surface area contributed by atoms with Gasteiger partial charge in [-0.3, -0.25) is 0 Å². The smallest absolute Gasteiger partial charge is 0.172 e. The van der Waals surface area contributed by atoms with Crippen molar-refractivity contribution in [2.75, 3.05) is 19.1 Å². The van der Waals surface area contributed by atoms with Crippen LogP contribution in [0.1, 0.15) is 5.56 Å². The van der Waals surface area contributed by atoms with Gasteiger partial charge >= 0.3 is 0 Å². The number of hydrogen-bond acceptors (Lipinski definition) is 4. The van der Waals surface area contributed by atoms with Gasteiger partial charge in [-0.1, -0.05) is 27.2 Å². The molecule has 0 spiro atoms. The van der Waals surface area contributed by atoms with Gasteiger partial charge in [0.1, 0.15) is 5.75 Å². The standard InChI is InChI=1S/C15H16BrN3O2/c1-19(11-4-3-5-12(9-11)21-2)14-8-10(16)6-7-13(14)15(17)18-20/h3-9,20H,1-2H3,(H2,17,18). The summed E-state index contributed by atoms with van der Waals surface area (Å²) in [7, 11) is 3.53. The molecule has 110 valence electrons. The van der Waals surface area contributed by atoms with E-state index in [1.807, 2.05) is 48.3 Å². The molecule has 0 heterocycles. The van der Waals surface area contributed by atoms with Crippen molar-refractivity contribution >= 4 is 33.1 Å². The Morgan fingerprint density at radius 1 is 1.29 bits per heavy atom. The molecule has 0 saturated carbocycles. The third-order valence-corrected chi connectivity index (χ3v) is 3.64. The van der Waals surface area contributed by atoms with Crippen molar-refractivity contribution in [2.45, 2.75) is 0 Å². The van der Waals surface area contributed by atoms with Gasteiger partial charge in [0.25, 0.3) is 0 Å². The number of ether oxygens (including phenoxy) is 1. The Morgan fingerprint density at radius 3 is 2.71 bits per heavy atom. The van der Waals surface area contributed by atoms with Crippen LogP contribution in [0.3, 0.4) is 0 Å². The fraction of sp³-hybridized carbons (Fsp3) is 0.133. The average Bonchev–Trinajstić information content (AvgIpc) is 2.53. The minimum atomic E-state index is 0.0623.